The molecule has 1 aromatic heterocycles. The lowest BCUT2D eigenvalue weighted by Gasteiger charge is -2.28. The number of imidazole rings is 1. The summed E-state index contributed by atoms with van der Waals surface area (Å²) in [6.45, 7) is 2.23. The van der Waals surface area contributed by atoms with Gasteiger partial charge in [-0.3, -0.25) is 9.69 Å². The third kappa shape index (κ3) is 3.23. The number of H-pyrrole nitrogens is 1. The Bertz CT molecular complexity index is 896. The van der Waals surface area contributed by atoms with Crippen LogP contribution in [-0.4, -0.2) is 72.1 Å². The molecular weight excluding hydrogens is 362 g/mol. The summed E-state index contributed by atoms with van der Waals surface area (Å²) in [7, 11) is 3.13. The number of fused-ring (bicyclic) bond motifs is 1. The summed E-state index contributed by atoms with van der Waals surface area (Å²) in [5.74, 6) is 1.11. The van der Waals surface area contributed by atoms with Gasteiger partial charge in [-0.25, -0.2) is 9.78 Å². The van der Waals surface area contributed by atoms with E-state index in [4.69, 9.17) is 9.47 Å². The summed E-state index contributed by atoms with van der Waals surface area (Å²) in [6.07, 6.45) is 2.39. The average molecular weight is 385 g/mol. The summed E-state index contributed by atoms with van der Waals surface area (Å²) < 4.78 is 10.6. The lowest BCUT2D eigenvalue weighted by atomic mass is 10.1. The van der Waals surface area contributed by atoms with E-state index in [2.05, 4.69) is 9.97 Å². The number of rotatable bonds is 5. The number of aromatic nitrogens is 2. The highest BCUT2D eigenvalue weighted by molar-refractivity contribution is 5.96. The second-order valence-electron chi connectivity index (χ2n) is 6.79. The van der Waals surface area contributed by atoms with E-state index >= 15 is 0 Å². The fourth-order valence-electron chi connectivity index (χ4n) is 3.65. The van der Waals surface area contributed by atoms with Crippen LogP contribution in [-0.2, 0) is 17.8 Å². The topological polar surface area (TPSA) is 91.0 Å². The fraction of sp³-hybridized carbons (Fsp3) is 0.421. The zero-order valence-electron chi connectivity index (χ0n) is 16.0. The molecule has 1 fully saturated rings. The molecule has 0 spiro atoms. The molecule has 0 radical (unpaired) electrons. The zero-order valence-corrected chi connectivity index (χ0v) is 16.0. The zero-order chi connectivity index (χ0) is 19.7. The van der Waals surface area contributed by atoms with E-state index in [0.29, 0.717) is 37.7 Å². The molecule has 0 saturated carbocycles. The van der Waals surface area contributed by atoms with E-state index in [0.717, 1.165) is 23.5 Å². The molecule has 0 unspecified atom stereocenters. The molecule has 0 aliphatic carbocycles. The summed E-state index contributed by atoms with van der Waals surface area (Å²) in [4.78, 5) is 37.9. The van der Waals surface area contributed by atoms with Crippen LogP contribution in [0.3, 0.4) is 0 Å². The van der Waals surface area contributed by atoms with Crippen molar-refractivity contribution in [1.82, 2.24) is 19.8 Å². The number of anilines is 1. The van der Waals surface area contributed by atoms with E-state index < -0.39 is 0 Å². The molecule has 4 rings (SSSR count). The maximum Gasteiger partial charge on any atom is 0.325 e. The van der Waals surface area contributed by atoms with Crippen molar-refractivity contribution in [1.29, 1.82) is 0 Å². The van der Waals surface area contributed by atoms with Crippen molar-refractivity contribution in [2.24, 2.45) is 0 Å². The maximum absolute atomic E-state index is 12.8. The molecule has 148 valence electrons. The number of hydrogen-bond acceptors (Lipinski definition) is 5. The Labute approximate surface area is 162 Å². The monoisotopic (exact) mass is 385 g/mol. The number of benzene rings is 1. The van der Waals surface area contributed by atoms with Gasteiger partial charge in [0.1, 0.15) is 6.54 Å². The number of urea groups is 1. The molecule has 1 N–H and O–H groups in total. The molecule has 0 atom stereocenters. The quantitative estimate of drug-likeness (QED) is 0.837. The first-order valence-electron chi connectivity index (χ1n) is 9.18. The minimum absolute atomic E-state index is 0.0530. The van der Waals surface area contributed by atoms with Crippen molar-refractivity contribution in [2.75, 3.05) is 45.3 Å². The molecule has 0 bridgehead atoms. The Kier molecular flexibility index (Phi) is 4.81. The van der Waals surface area contributed by atoms with Crippen molar-refractivity contribution in [3.8, 4) is 11.5 Å². The maximum atomic E-state index is 12.8. The van der Waals surface area contributed by atoms with Gasteiger partial charge in [0.15, 0.2) is 11.5 Å². The van der Waals surface area contributed by atoms with Crippen LogP contribution < -0.4 is 14.4 Å². The van der Waals surface area contributed by atoms with Crippen molar-refractivity contribution >= 4 is 17.6 Å². The number of hydrogen-bond donors (Lipinski definition) is 1. The number of carbonyl (C=O) groups excluding carboxylic acids is 2. The van der Waals surface area contributed by atoms with Crippen molar-refractivity contribution in [3.05, 3.63) is 35.9 Å². The van der Waals surface area contributed by atoms with Crippen molar-refractivity contribution < 1.29 is 19.1 Å². The second-order valence-corrected chi connectivity index (χ2v) is 6.79. The highest BCUT2D eigenvalue weighted by atomic mass is 16.5. The van der Waals surface area contributed by atoms with Gasteiger partial charge in [0.05, 0.1) is 38.5 Å². The molecule has 9 heteroatoms. The summed E-state index contributed by atoms with van der Waals surface area (Å²) >= 11 is 0. The van der Waals surface area contributed by atoms with E-state index in [1.807, 2.05) is 6.07 Å². The van der Waals surface area contributed by atoms with E-state index in [1.54, 1.807) is 47.4 Å². The number of nitrogens with one attached hydrogen (secondary N) is 1. The lowest BCUT2D eigenvalue weighted by molar-refractivity contribution is -0.132. The Hall–Kier alpha value is -3.23. The number of methoxy groups -OCH3 is 2. The van der Waals surface area contributed by atoms with Crippen LogP contribution in [0.4, 0.5) is 10.5 Å². The molecule has 28 heavy (non-hydrogen) atoms. The van der Waals surface area contributed by atoms with Gasteiger partial charge in [0.2, 0.25) is 5.91 Å². The summed E-state index contributed by atoms with van der Waals surface area (Å²) in [6, 6.07) is 5.17. The van der Waals surface area contributed by atoms with Crippen LogP contribution in [0.2, 0.25) is 0 Å². The Morgan fingerprint density at radius 2 is 2.00 bits per heavy atom. The first-order chi connectivity index (χ1) is 13.6. The molecule has 1 saturated heterocycles. The lowest BCUT2D eigenvalue weighted by Crippen LogP contribution is -2.44. The predicted octanol–water partition coefficient (Wildman–Crippen LogP) is 1.25. The Balaban J connectivity index is 1.41. The molecule has 2 aromatic rings. The van der Waals surface area contributed by atoms with Crippen LogP contribution in [0.25, 0.3) is 0 Å². The molecule has 2 aliphatic heterocycles. The molecule has 1 aromatic carbocycles. The minimum atomic E-state index is -0.181. The van der Waals surface area contributed by atoms with Gasteiger partial charge in [-0.1, -0.05) is 0 Å². The van der Waals surface area contributed by atoms with E-state index in [1.165, 1.54) is 0 Å². The van der Waals surface area contributed by atoms with Crippen LogP contribution in [0.5, 0.6) is 11.5 Å². The Morgan fingerprint density at radius 1 is 1.18 bits per heavy atom. The van der Waals surface area contributed by atoms with Crippen LogP contribution in [0.15, 0.2) is 24.5 Å². The smallest absolute Gasteiger partial charge is 0.325 e. The minimum Gasteiger partial charge on any atom is -0.493 e. The van der Waals surface area contributed by atoms with E-state index in [9.17, 15) is 9.59 Å². The number of nitrogens with zero attached hydrogens (tertiary/aromatic N) is 4. The molecule has 2 aliphatic rings. The number of aromatic amines is 1. The van der Waals surface area contributed by atoms with Crippen LogP contribution in [0.1, 0.15) is 11.4 Å². The van der Waals surface area contributed by atoms with Gasteiger partial charge in [0, 0.05) is 37.8 Å². The van der Waals surface area contributed by atoms with Gasteiger partial charge in [-0.05, 0) is 12.1 Å². The van der Waals surface area contributed by atoms with Gasteiger partial charge < -0.3 is 24.3 Å². The van der Waals surface area contributed by atoms with E-state index in [-0.39, 0.29) is 18.5 Å². The summed E-state index contributed by atoms with van der Waals surface area (Å²) in [5.41, 5.74) is 2.71. The second kappa shape index (κ2) is 7.41. The number of amides is 3. The predicted molar refractivity (Wildman–Crippen MR) is 102 cm³/mol. The summed E-state index contributed by atoms with van der Waals surface area (Å²) in [5, 5.41) is 0. The van der Waals surface area contributed by atoms with Crippen molar-refractivity contribution in [2.45, 2.75) is 13.0 Å². The SMILES string of the molecule is COc1ccc(N2CCN(CC(=O)N3CCc4nc[nH]c4C3)C2=O)cc1OC. The van der Waals surface area contributed by atoms with Crippen molar-refractivity contribution in [3.63, 3.8) is 0 Å². The molecule has 3 heterocycles. The standard InChI is InChI=1S/C19H23N5O4/c1-27-16-4-3-13(9-17(16)28-2)24-8-7-23(19(24)26)11-18(25)22-6-5-14-15(10-22)21-12-20-14/h3-4,9,12H,5-8,10-11H2,1-2H3,(H,20,21). The molecular formula is C19H23N5O4. The van der Waals surface area contributed by atoms with Gasteiger partial charge >= 0.3 is 6.03 Å². The highest BCUT2D eigenvalue weighted by Gasteiger charge is 2.33. The van der Waals surface area contributed by atoms with Crippen LogP contribution in [0, 0.1) is 0 Å². The third-order valence-corrected chi connectivity index (χ3v) is 5.23. The first kappa shape index (κ1) is 18.1. The highest BCUT2D eigenvalue weighted by Crippen LogP contribution is 2.32. The normalized spacial score (nSPS) is 16.4. The molecule has 9 nitrogen and oxygen atoms in total. The fourth-order valence-corrected chi connectivity index (χ4v) is 3.65. The number of ether oxygens (including phenoxy) is 2. The molecule has 3 amide bonds. The third-order valence-electron chi connectivity index (χ3n) is 5.23. The van der Waals surface area contributed by atoms with Gasteiger partial charge in [-0.2, -0.15) is 0 Å². The van der Waals surface area contributed by atoms with Gasteiger partial charge in [-0.15, -0.1) is 0 Å². The van der Waals surface area contributed by atoms with Crippen LogP contribution >= 0.6 is 0 Å². The first-order valence-corrected chi connectivity index (χ1v) is 9.18. The van der Waals surface area contributed by atoms with Gasteiger partial charge in [0.25, 0.3) is 0 Å². The average Bonchev–Trinajstić information content (AvgIpc) is 3.33. The Morgan fingerprint density at radius 3 is 2.79 bits per heavy atom. The number of carbonyl (C=O) groups is 2. The largest absolute Gasteiger partial charge is 0.493 e.